The molecule has 0 saturated carbocycles. The number of nitrogens with zero attached hydrogens (tertiary/aromatic N) is 4. The van der Waals surface area contributed by atoms with E-state index in [-0.39, 0.29) is 18.1 Å². The third-order valence-electron chi connectivity index (χ3n) is 5.11. The molecule has 0 N–H and O–H groups in total. The quantitative estimate of drug-likeness (QED) is 0.587. The van der Waals surface area contributed by atoms with Gasteiger partial charge in [-0.1, -0.05) is 18.2 Å². The summed E-state index contributed by atoms with van der Waals surface area (Å²) in [6.07, 6.45) is 6.72. The summed E-state index contributed by atoms with van der Waals surface area (Å²) in [5.74, 6) is 1.09. The van der Waals surface area contributed by atoms with E-state index in [1.807, 2.05) is 48.2 Å². The number of piperidine rings is 1. The summed E-state index contributed by atoms with van der Waals surface area (Å²) in [6.45, 7) is 2.72. The Morgan fingerprint density at radius 1 is 1.10 bits per heavy atom. The molecule has 2 atom stereocenters. The van der Waals surface area contributed by atoms with Crippen LogP contribution in [0.4, 0.5) is 0 Å². The molecule has 0 unspecified atom stereocenters. The Hall–Kier alpha value is -2.80. The van der Waals surface area contributed by atoms with E-state index >= 15 is 0 Å². The number of hydrogen-bond acceptors (Lipinski definition) is 5. The van der Waals surface area contributed by atoms with E-state index in [0.29, 0.717) is 23.8 Å². The summed E-state index contributed by atoms with van der Waals surface area (Å²) in [5.41, 5.74) is 1.34. The molecular weight excluding hydrogens is 432 g/mol. The first-order valence-electron chi connectivity index (χ1n) is 9.59. The predicted molar refractivity (Wildman–Crippen MR) is 114 cm³/mol. The molecule has 1 fully saturated rings. The number of ether oxygens (including phenoxy) is 1. The molecular formula is C22H21BrN4O2. The fourth-order valence-electron chi connectivity index (χ4n) is 3.60. The molecule has 7 heteroatoms. The first kappa shape index (κ1) is 19.5. The molecule has 3 aromatic rings. The van der Waals surface area contributed by atoms with Crippen molar-refractivity contribution in [2.75, 3.05) is 6.54 Å². The zero-order chi connectivity index (χ0) is 20.2. The normalized spacial score (nSPS) is 19.0. The second-order valence-corrected chi connectivity index (χ2v) is 7.89. The second-order valence-electron chi connectivity index (χ2n) is 6.97. The van der Waals surface area contributed by atoms with E-state index < -0.39 is 0 Å². The molecule has 0 bridgehead atoms. The van der Waals surface area contributed by atoms with Gasteiger partial charge in [-0.05, 0) is 53.9 Å². The van der Waals surface area contributed by atoms with Gasteiger partial charge in [-0.3, -0.25) is 4.79 Å². The summed E-state index contributed by atoms with van der Waals surface area (Å²) in [6, 6.07) is 12.9. The highest BCUT2D eigenvalue weighted by molar-refractivity contribution is 9.10. The maximum Gasteiger partial charge on any atom is 0.254 e. The van der Waals surface area contributed by atoms with Crippen molar-refractivity contribution in [2.45, 2.75) is 31.9 Å². The third kappa shape index (κ3) is 4.29. The van der Waals surface area contributed by atoms with Crippen LogP contribution in [0.2, 0.25) is 0 Å². The zero-order valence-corrected chi connectivity index (χ0v) is 17.6. The molecule has 3 heterocycles. The number of carbonyl (C=O) groups is 1. The minimum atomic E-state index is -0.110. The monoisotopic (exact) mass is 452 g/mol. The molecule has 1 aliphatic rings. The van der Waals surface area contributed by atoms with Crippen molar-refractivity contribution >= 4 is 21.8 Å². The van der Waals surface area contributed by atoms with Gasteiger partial charge >= 0.3 is 0 Å². The van der Waals surface area contributed by atoms with Crippen LogP contribution in [0.1, 0.15) is 30.1 Å². The Kier molecular flexibility index (Phi) is 5.85. The first-order valence-corrected chi connectivity index (χ1v) is 10.4. The average Bonchev–Trinajstić information content (AvgIpc) is 2.77. The van der Waals surface area contributed by atoms with Crippen LogP contribution in [-0.2, 0) is 0 Å². The maximum atomic E-state index is 13.4. The highest BCUT2D eigenvalue weighted by atomic mass is 79.9. The lowest BCUT2D eigenvalue weighted by molar-refractivity contribution is 0.0267. The molecule has 2 aromatic heterocycles. The molecule has 1 aromatic carbocycles. The molecule has 1 saturated heterocycles. The molecule has 4 rings (SSSR count). The second kappa shape index (κ2) is 8.69. The van der Waals surface area contributed by atoms with Gasteiger partial charge in [0.15, 0.2) is 5.82 Å². The zero-order valence-electron chi connectivity index (χ0n) is 16.0. The molecule has 0 aliphatic carbocycles. The van der Waals surface area contributed by atoms with Crippen molar-refractivity contribution in [3.05, 3.63) is 71.1 Å². The van der Waals surface area contributed by atoms with E-state index in [1.54, 1.807) is 24.7 Å². The van der Waals surface area contributed by atoms with Crippen molar-refractivity contribution in [3.8, 4) is 17.3 Å². The smallest absolute Gasteiger partial charge is 0.254 e. The van der Waals surface area contributed by atoms with Crippen molar-refractivity contribution in [1.29, 1.82) is 0 Å². The van der Waals surface area contributed by atoms with E-state index in [4.69, 9.17) is 4.74 Å². The van der Waals surface area contributed by atoms with Crippen LogP contribution in [0.5, 0.6) is 5.88 Å². The van der Waals surface area contributed by atoms with Gasteiger partial charge in [0.2, 0.25) is 5.88 Å². The van der Waals surface area contributed by atoms with Crippen molar-refractivity contribution in [3.63, 3.8) is 0 Å². The van der Waals surface area contributed by atoms with Crippen molar-refractivity contribution in [1.82, 2.24) is 19.9 Å². The van der Waals surface area contributed by atoms with Gasteiger partial charge in [0.25, 0.3) is 5.91 Å². The Balaban J connectivity index is 1.57. The largest absolute Gasteiger partial charge is 0.472 e. The van der Waals surface area contributed by atoms with Crippen molar-refractivity contribution in [2.24, 2.45) is 0 Å². The van der Waals surface area contributed by atoms with E-state index in [2.05, 4.69) is 30.9 Å². The summed E-state index contributed by atoms with van der Waals surface area (Å²) >= 11 is 3.38. The molecule has 0 radical (unpaired) electrons. The van der Waals surface area contributed by atoms with Gasteiger partial charge in [0.1, 0.15) is 6.10 Å². The molecule has 1 aliphatic heterocycles. The lowest BCUT2D eigenvalue weighted by Gasteiger charge is -2.39. The fraction of sp³-hybridized carbons (Fsp3) is 0.273. The number of hydrogen-bond donors (Lipinski definition) is 0. The summed E-state index contributed by atoms with van der Waals surface area (Å²) < 4.78 is 7.00. The fourth-order valence-corrected chi connectivity index (χ4v) is 3.83. The van der Waals surface area contributed by atoms with Crippen molar-refractivity contribution < 1.29 is 9.53 Å². The van der Waals surface area contributed by atoms with Crippen LogP contribution in [0, 0.1) is 0 Å². The summed E-state index contributed by atoms with van der Waals surface area (Å²) in [4.78, 5) is 28.3. The molecule has 1 amide bonds. The van der Waals surface area contributed by atoms with Gasteiger partial charge in [0.05, 0.1) is 11.6 Å². The highest BCUT2D eigenvalue weighted by Crippen LogP contribution is 2.27. The predicted octanol–water partition coefficient (Wildman–Crippen LogP) is 4.37. The standard InChI is InChI=1S/C22H21BrN4O2/c1-15-19(29-20-10-9-16(23)14-26-20)8-4-13-27(15)22(28)18-7-3-2-6-17(18)21-24-11-5-12-25-21/h2-3,5-7,9-12,14-15,19H,4,8,13H2,1H3/t15-,19+/m0/s1. The number of amides is 1. The number of pyridine rings is 1. The highest BCUT2D eigenvalue weighted by Gasteiger charge is 2.34. The lowest BCUT2D eigenvalue weighted by atomic mass is 9.97. The maximum absolute atomic E-state index is 13.4. The molecule has 6 nitrogen and oxygen atoms in total. The van der Waals surface area contributed by atoms with Gasteiger partial charge in [-0.15, -0.1) is 0 Å². The number of halogens is 1. The summed E-state index contributed by atoms with van der Waals surface area (Å²) in [5, 5.41) is 0. The Bertz CT molecular complexity index is 982. The van der Waals surface area contributed by atoms with Gasteiger partial charge in [0, 0.05) is 41.2 Å². The van der Waals surface area contributed by atoms with E-state index in [1.165, 1.54) is 0 Å². The Labute approximate surface area is 178 Å². The van der Waals surface area contributed by atoms with Gasteiger partial charge in [-0.2, -0.15) is 0 Å². The van der Waals surface area contributed by atoms with Crippen LogP contribution >= 0.6 is 15.9 Å². The Morgan fingerprint density at radius 3 is 2.66 bits per heavy atom. The van der Waals surface area contributed by atoms with Crippen LogP contribution < -0.4 is 4.74 Å². The van der Waals surface area contributed by atoms with Crippen LogP contribution in [0.25, 0.3) is 11.4 Å². The average molecular weight is 453 g/mol. The van der Waals surface area contributed by atoms with Crippen LogP contribution in [0.15, 0.2) is 65.5 Å². The van der Waals surface area contributed by atoms with Gasteiger partial charge < -0.3 is 9.64 Å². The number of likely N-dealkylation sites (tertiary alicyclic amines) is 1. The number of rotatable bonds is 4. The number of benzene rings is 1. The van der Waals surface area contributed by atoms with Crippen LogP contribution in [-0.4, -0.2) is 44.4 Å². The molecule has 0 spiro atoms. The minimum absolute atomic E-state index is 0.0300. The Morgan fingerprint density at radius 2 is 1.90 bits per heavy atom. The number of carbonyl (C=O) groups excluding carboxylic acids is 1. The minimum Gasteiger partial charge on any atom is -0.472 e. The summed E-state index contributed by atoms with van der Waals surface area (Å²) in [7, 11) is 0. The van der Waals surface area contributed by atoms with E-state index in [0.717, 1.165) is 22.9 Å². The lowest BCUT2D eigenvalue weighted by Crippen LogP contribution is -2.51. The first-order chi connectivity index (χ1) is 14.1. The molecule has 29 heavy (non-hydrogen) atoms. The third-order valence-corrected chi connectivity index (χ3v) is 5.58. The SMILES string of the molecule is C[C@H]1[C@H](Oc2ccc(Br)cn2)CCCN1C(=O)c1ccccc1-c1ncccn1. The van der Waals surface area contributed by atoms with Gasteiger partial charge in [-0.25, -0.2) is 15.0 Å². The molecule has 148 valence electrons. The van der Waals surface area contributed by atoms with E-state index in [9.17, 15) is 4.79 Å². The topological polar surface area (TPSA) is 68.2 Å². The van der Waals surface area contributed by atoms with Crippen LogP contribution in [0.3, 0.4) is 0 Å². The number of aromatic nitrogens is 3.